The number of carbonyl (C=O) groups is 1. The lowest BCUT2D eigenvalue weighted by atomic mass is 10.0. The van der Waals surface area contributed by atoms with Crippen molar-refractivity contribution in [1.82, 2.24) is 9.80 Å². The van der Waals surface area contributed by atoms with Gasteiger partial charge in [0.1, 0.15) is 0 Å². The first-order valence-electron chi connectivity index (χ1n) is 7.43. The van der Waals surface area contributed by atoms with Crippen LogP contribution in [0, 0.1) is 0 Å². The third kappa shape index (κ3) is 3.67. The van der Waals surface area contributed by atoms with Crippen LogP contribution in [0.3, 0.4) is 0 Å². The molecule has 1 aliphatic rings. The Balaban J connectivity index is 2.29. The summed E-state index contributed by atoms with van der Waals surface area (Å²) in [7, 11) is 3.66. The highest BCUT2D eigenvalue weighted by molar-refractivity contribution is 9.11. The molecule has 0 radical (unpaired) electrons. The predicted octanol–water partition coefficient (Wildman–Crippen LogP) is 2.84. The number of rotatable bonds is 5. The third-order valence-corrected chi connectivity index (χ3v) is 5.83. The highest BCUT2D eigenvalue weighted by atomic mass is 79.9. The molecular weight excluding hydrogens is 350 g/mol. The minimum Gasteiger partial charge on any atom is -0.347 e. The maximum atomic E-state index is 12.4. The summed E-state index contributed by atoms with van der Waals surface area (Å²) < 4.78 is 1.11. The molecule has 0 aliphatic carbocycles. The van der Waals surface area contributed by atoms with Crippen LogP contribution in [-0.2, 0) is 4.79 Å². The Bertz CT molecular complexity index is 491. The van der Waals surface area contributed by atoms with Crippen LogP contribution in [-0.4, -0.2) is 48.4 Å². The van der Waals surface area contributed by atoms with Gasteiger partial charge in [-0.2, -0.15) is 0 Å². The van der Waals surface area contributed by atoms with Gasteiger partial charge in [0.2, 0.25) is 5.91 Å². The fraction of sp³-hybridized carbons (Fsp3) is 0.667. The number of nitrogens with zero attached hydrogens (tertiary/aromatic N) is 2. The Morgan fingerprint density at radius 3 is 2.81 bits per heavy atom. The van der Waals surface area contributed by atoms with Crippen molar-refractivity contribution in [2.24, 2.45) is 5.73 Å². The van der Waals surface area contributed by atoms with Gasteiger partial charge in [-0.1, -0.05) is 6.92 Å². The second kappa shape index (κ2) is 7.22. The summed E-state index contributed by atoms with van der Waals surface area (Å²) in [4.78, 5) is 17.7. The molecule has 118 valence electrons. The molecule has 1 amide bonds. The molecular formula is C15H24BrN3OS. The van der Waals surface area contributed by atoms with Gasteiger partial charge in [0.15, 0.2) is 0 Å². The smallest absolute Gasteiger partial charge is 0.239 e. The molecule has 1 saturated heterocycles. The number of amides is 1. The zero-order valence-corrected chi connectivity index (χ0v) is 15.3. The number of nitrogens with two attached hydrogens (primary N) is 1. The lowest BCUT2D eigenvalue weighted by molar-refractivity contribution is -0.134. The van der Waals surface area contributed by atoms with Crippen molar-refractivity contribution in [2.45, 2.75) is 44.3 Å². The Morgan fingerprint density at radius 2 is 2.29 bits per heavy atom. The van der Waals surface area contributed by atoms with Gasteiger partial charge in [-0.15, -0.1) is 11.3 Å². The molecule has 1 aromatic rings. The number of hydrogen-bond donors (Lipinski definition) is 1. The monoisotopic (exact) mass is 373 g/mol. The van der Waals surface area contributed by atoms with Crippen molar-refractivity contribution in [3.8, 4) is 0 Å². The molecule has 3 unspecified atom stereocenters. The molecule has 2 rings (SSSR count). The van der Waals surface area contributed by atoms with Gasteiger partial charge in [0, 0.05) is 25.0 Å². The average Bonchev–Trinajstić information content (AvgIpc) is 3.07. The SMILES string of the molecule is CCC(N)C(c1ccc(Br)s1)N1CCCC1C(=O)N(C)C. The molecule has 6 heteroatoms. The molecule has 4 nitrogen and oxygen atoms in total. The second-order valence-corrected chi connectivity index (χ2v) is 8.28. The van der Waals surface area contributed by atoms with Gasteiger partial charge in [-0.25, -0.2) is 0 Å². The van der Waals surface area contributed by atoms with E-state index >= 15 is 0 Å². The largest absolute Gasteiger partial charge is 0.347 e. The summed E-state index contributed by atoms with van der Waals surface area (Å²) >= 11 is 5.25. The number of hydrogen-bond acceptors (Lipinski definition) is 4. The number of likely N-dealkylation sites (N-methyl/N-ethyl adjacent to an activating group) is 1. The number of carbonyl (C=O) groups excluding carboxylic acids is 1. The van der Waals surface area contributed by atoms with Crippen LogP contribution in [0.15, 0.2) is 15.9 Å². The zero-order valence-electron chi connectivity index (χ0n) is 12.9. The molecule has 1 fully saturated rings. The van der Waals surface area contributed by atoms with E-state index < -0.39 is 0 Å². The Morgan fingerprint density at radius 1 is 1.57 bits per heavy atom. The van der Waals surface area contributed by atoms with E-state index in [2.05, 4.69) is 39.9 Å². The molecule has 0 spiro atoms. The first kappa shape index (κ1) is 16.9. The van der Waals surface area contributed by atoms with Crippen molar-refractivity contribution in [1.29, 1.82) is 0 Å². The first-order valence-corrected chi connectivity index (χ1v) is 9.04. The summed E-state index contributed by atoms with van der Waals surface area (Å²) in [6.45, 7) is 3.05. The van der Waals surface area contributed by atoms with Crippen LogP contribution >= 0.6 is 27.3 Å². The van der Waals surface area contributed by atoms with E-state index in [1.165, 1.54) is 4.88 Å². The Labute approximate surface area is 139 Å². The van der Waals surface area contributed by atoms with Gasteiger partial charge in [-0.3, -0.25) is 9.69 Å². The zero-order chi connectivity index (χ0) is 15.6. The Kier molecular flexibility index (Phi) is 5.82. The van der Waals surface area contributed by atoms with Gasteiger partial charge in [0.05, 0.1) is 15.9 Å². The van der Waals surface area contributed by atoms with Crippen molar-refractivity contribution in [3.63, 3.8) is 0 Å². The fourth-order valence-corrected chi connectivity index (χ4v) is 4.64. The van der Waals surface area contributed by atoms with Crippen LogP contribution in [0.1, 0.15) is 37.1 Å². The van der Waals surface area contributed by atoms with Crippen LogP contribution in [0.5, 0.6) is 0 Å². The minimum absolute atomic E-state index is 0.0384. The predicted molar refractivity (Wildman–Crippen MR) is 91.4 cm³/mol. The molecule has 2 N–H and O–H groups in total. The molecule has 2 heterocycles. The lowest BCUT2D eigenvalue weighted by Crippen LogP contribution is -2.48. The van der Waals surface area contributed by atoms with Gasteiger partial charge in [0.25, 0.3) is 0 Å². The van der Waals surface area contributed by atoms with E-state index in [-0.39, 0.29) is 24.0 Å². The summed E-state index contributed by atoms with van der Waals surface area (Å²) in [6, 6.07) is 4.33. The highest BCUT2D eigenvalue weighted by Crippen LogP contribution is 2.37. The topological polar surface area (TPSA) is 49.6 Å². The van der Waals surface area contributed by atoms with Gasteiger partial charge >= 0.3 is 0 Å². The van der Waals surface area contributed by atoms with Crippen molar-refractivity contribution < 1.29 is 4.79 Å². The molecule has 0 saturated carbocycles. The van der Waals surface area contributed by atoms with Crippen LogP contribution in [0.4, 0.5) is 0 Å². The van der Waals surface area contributed by atoms with E-state index in [0.717, 1.165) is 29.6 Å². The van der Waals surface area contributed by atoms with E-state index in [1.807, 2.05) is 14.1 Å². The summed E-state index contributed by atoms with van der Waals surface area (Å²) in [5, 5.41) is 0. The minimum atomic E-state index is -0.0384. The molecule has 3 atom stereocenters. The van der Waals surface area contributed by atoms with Crippen molar-refractivity contribution in [2.75, 3.05) is 20.6 Å². The molecule has 0 bridgehead atoms. The van der Waals surface area contributed by atoms with Crippen LogP contribution < -0.4 is 5.73 Å². The second-order valence-electron chi connectivity index (χ2n) is 5.79. The Hall–Kier alpha value is -0.430. The maximum absolute atomic E-state index is 12.4. The van der Waals surface area contributed by atoms with E-state index in [1.54, 1.807) is 16.2 Å². The molecule has 0 aromatic carbocycles. The molecule has 1 aliphatic heterocycles. The van der Waals surface area contributed by atoms with E-state index in [9.17, 15) is 4.79 Å². The van der Waals surface area contributed by atoms with E-state index in [0.29, 0.717) is 0 Å². The van der Waals surface area contributed by atoms with Crippen LogP contribution in [0.25, 0.3) is 0 Å². The van der Waals surface area contributed by atoms with E-state index in [4.69, 9.17) is 5.73 Å². The summed E-state index contributed by atoms with van der Waals surface area (Å²) in [5.41, 5.74) is 6.40. The van der Waals surface area contributed by atoms with Crippen molar-refractivity contribution >= 4 is 33.2 Å². The quantitative estimate of drug-likeness (QED) is 0.862. The third-order valence-electron chi connectivity index (χ3n) is 4.14. The number of likely N-dealkylation sites (tertiary alicyclic amines) is 1. The molecule has 21 heavy (non-hydrogen) atoms. The molecule has 1 aromatic heterocycles. The normalized spacial score (nSPS) is 22.2. The summed E-state index contributed by atoms with van der Waals surface area (Å²) in [5.74, 6) is 0.191. The van der Waals surface area contributed by atoms with Gasteiger partial charge in [-0.05, 0) is 53.9 Å². The van der Waals surface area contributed by atoms with Crippen molar-refractivity contribution in [3.05, 3.63) is 20.8 Å². The summed E-state index contributed by atoms with van der Waals surface area (Å²) in [6.07, 6.45) is 2.89. The maximum Gasteiger partial charge on any atom is 0.239 e. The number of thiophene rings is 1. The van der Waals surface area contributed by atoms with Crippen LogP contribution in [0.2, 0.25) is 0 Å². The average molecular weight is 374 g/mol. The highest BCUT2D eigenvalue weighted by Gasteiger charge is 2.39. The first-order chi connectivity index (χ1) is 9.95. The van der Waals surface area contributed by atoms with Gasteiger partial charge < -0.3 is 10.6 Å². The number of halogens is 1. The fourth-order valence-electron chi connectivity index (χ4n) is 3.02. The standard InChI is InChI=1S/C15H24BrN3OS/c1-4-10(17)14(12-7-8-13(16)21-12)19-9-5-6-11(19)15(20)18(2)3/h7-8,10-11,14H,4-6,9,17H2,1-3H3. The lowest BCUT2D eigenvalue weighted by Gasteiger charge is -2.36.